The van der Waals surface area contributed by atoms with E-state index in [1.165, 1.54) is 0 Å². The molecule has 106 valence electrons. The van der Waals surface area contributed by atoms with Gasteiger partial charge in [0.05, 0.1) is 6.10 Å². The number of aromatic nitrogens is 2. The molecule has 0 unspecified atom stereocenters. The fourth-order valence-electron chi connectivity index (χ4n) is 2.72. The molecule has 2 rings (SSSR count). The lowest BCUT2D eigenvalue weighted by atomic mass is 9.76. The first-order chi connectivity index (χ1) is 9.13. The van der Waals surface area contributed by atoms with Gasteiger partial charge < -0.3 is 15.0 Å². The van der Waals surface area contributed by atoms with Gasteiger partial charge in [-0.05, 0) is 25.2 Å². The maximum atomic E-state index is 12.1. The summed E-state index contributed by atoms with van der Waals surface area (Å²) in [6, 6.07) is 0.185. The molecular weight excluding hydrogens is 242 g/mol. The number of amides is 1. The molecule has 1 aromatic heterocycles. The number of aliphatic hydroxyl groups excluding tert-OH is 1. The van der Waals surface area contributed by atoms with Crippen LogP contribution in [-0.4, -0.2) is 32.7 Å². The molecule has 5 heteroatoms. The summed E-state index contributed by atoms with van der Waals surface area (Å²) in [6.07, 6.45) is 6.75. The highest BCUT2D eigenvalue weighted by atomic mass is 16.3. The van der Waals surface area contributed by atoms with Crippen LogP contribution >= 0.6 is 0 Å². The second-order valence-corrected chi connectivity index (χ2v) is 5.29. The third kappa shape index (κ3) is 3.35. The molecule has 19 heavy (non-hydrogen) atoms. The second-order valence-electron chi connectivity index (χ2n) is 5.29. The molecule has 1 atom stereocenters. The molecule has 1 amide bonds. The molecule has 0 radical (unpaired) electrons. The Morgan fingerprint density at radius 2 is 2.32 bits per heavy atom. The number of nitrogens with one attached hydrogen (secondary N) is 1. The van der Waals surface area contributed by atoms with Gasteiger partial charge in [0.1, 0.15) is 12.4 Å². The maximum Gasteiger partial charge on any atom is 0.240 e. The highest BCUT2D eigenvalue weighted by Crippen LogP contribution is 2.31. The minimum atomic E-state index is -0.170. The molecule has 0 saturated heterocycles. The Kier molecular flexibility index (Phi) is 4.58. The van der Waals surface area contributed by atoms with Gasteiger partial charge >= 0.3 is 0 Å². The van der Waals surface area contributed by atoms with E-state index in [0.717, 1.165) is 31.5 Å². The Morgan fingerprint density at radius 1 is 1.58 bits per heavy atom. The van der Waals surface area contributed by atoms with E-state index in [4.69, 9.17) is 0 Å². The van der Waals surface area contributed by atoms with Crippen molar-refractivity contribution in [3.8, 4) is 0 Å². The molecule has 0 aromatic carbocycles. The zero-order valence-electron chi connectivity index (χ0n) is 11.7. The van der Waals surface area contributed by atoms with Gasteiger partial charge in [-0.15, -0.1) is 0 Å². The van der Waals surface area contributed by atoms with Gasteiger partial charge in [-0.25, -0.2) is 4.98 Å². The third-order valence-corrected chi connectivity index (χ3v) is 3.94. The number of nitrogens with zero attached hydrogens (tertiary/aromatic N) is 2. The Morgan fingerprint density at radius 3 is 2.89 bits per heavy atom. The van der Waals surface area contributed by atoms with Crippen LogP contribution < -0.4 is 5.32 Å². The number of aryl methyl sites for hydroxylation is 1. The molecule has 2 N–H and O–H groups in total. The molecule has 0 spiro atoms. The summed E-state index contributed by atoms with van der Waals surface area (Å²) in [5, 5.41) is 12.4. The number of hydrogen-bond acceptors (Lipinski definition) is 3. The van der Waals surface area contributed by atoms with Crippen LogP contribution in [0.5, 0.6) is 0 Å². The van der Waals surface area contributed by atoms with Crippen molar-refractivity contribution in [2.24, 2.45) is 5.92 Å². The Bertz CT molecular complexity index is 424. The molecule has 1 heterocycles. The van der Waals surface area contributed by atoms with Gasteiger partial charge in [-0.3, -0.25) is 4.79 Å². The lowest BCUT2D eigenvalue weighted by Gasteiger charge is -2.37. The van der Waals surface area contributed by atoms with Gasteiger partial charge in [0.15, 0.2) is 0 Å². The van der Waals surface area contributed by atoms with E-state index in [1.54, 1.807) is 6.20 Å². The van der Waals surface area contributed by atoms with Crippen molar-refractivity contribution in [1.82, 2.24) is 14.9 Å². The largest absolute Gasteiger partial charge is 0.393 e. The summed E-state index contributed by atoms with van der Waals surface area (Å²) in [4.78, 5) is 16.3. The van der Waals surface area contributed by atoms with Crippen molar-refractivity contribution in [2.75, 3.05) is 0 Å². The maximum absolute atomic E-state index is 12.1. The van der Waals surface area contributed by atoms with E-state index >= 15 is 0 Å². The predicted octanol–water partition coefficient (Wildman–Crippen LogP) is 1.11. The summed E-state index contributed by atoms with van der Waals surface area (Å²) in [5.41, 5.74) is 0. The van der Waals surface area contributed by atoms with Crippen molar-refractivity contribution in [1.29, 1.82) is 0 Å². The molecule has 0 bridgehead atoms. The van der Waals surface area contributed by atoms with Gasteiger partial charge in [0, 0.05) is 24.9 Å². The summed E-state index contributed by atoms with van der Waals surface area (Å²) in [5.74, 6) is 1.39. The Hall–Kier alpha value is -1.36. The Labute approximate surface area is 114 Å². The van der Waals surface area contributed by atoms with E-state index in [-0.39, 0.29) is 18.1 Å². The van der Waals surface area contributed by atoms with Crippen molar-refractivity contribution in [3.05, 3.63) is 18.2 Å². The van der Waals surface area contributed by atoms with Crippen LogP contribution in [0.2, 0.25) is 0 Å². The summed E-state index contributed by atoms with van der Waals surface area (Å²) < 4.78 is 1.89. The minimum Gasteiger partial charge on any atom is -0.393 e. The van der Waals surface area contributed by atoms with E-state index in [0.29, 0.717) is 12.5 Å². The Balaban J connectivity index is 1.86. The summed E-state index contributed by atoms with van der Waals surface area (Å²) >= 11 is 0. The van der Waals surface area contributed by atoms with E-state index in [1.807, 2.05) is 17.7 Å². The number of aliphatic hydroxyl groups is 1. The lowest BCUT2D eigenvalue weighted by Crippen LogP contribution is -2.47. The SMILES string of the molecule is CCc1nccn1CC(=O)N[C@H](CC)C1CC(O)C1. The summed E-state index contributed by atoms with van der Waals surface area (Å²) in [7, 11) is 0. The molecule has 1 aliphatic carbocycles. The van der Waals surface area contributed by atoms with Crippen LogP contribution in [0.4, 0.5) is 0 Å². The highest BCUT2D eigenvalue weighted by Gasteiger charge is 2.33. The molecular formula is C14H23N3O2. The smallest absolute Gasteiger partial charge is 0.240 e. The molecule has 1 fully saturated rings. The van der Waals surface area contributed by atoms with Gasteiger partial charge in [0.25, 0.3) is 0 Å². The molecule has 1 aromatic rings. The van der Waals surface area contributed by atoms with Crippen LogP contribution in [0.3, 0.4) is 0 Å². The van der Waals surface area contributed by atoms with Crippen LogP contribution in [-0.2, 0) is 17.8 Å². The highest BCUT2D eigenvalue weighted by molar-refractivity contribution is 5.76. The zero-order valence-corrected chi connectivity index (χ0v) is 11.7. The summed E-state index contributed by atoms with van der Waals surface area (Å²) in [6.45, 7) is 4.43. The zero-order chi connectivity index (χ0) is 13.8. The monoisotopic (exact) mass is 265 g/mol. The number of carbonyl (C=O) groups excluding carboxylic acids is 1. The quantitative estimate of drug-likeness (QED) is 0.809. The van der Waals surface area contributed by atoms with Crippen LogP contribution in [0.1, 0.15) is 38.9 Å². The minimum absolute atomic E-state index is 0.0286. The molecule has 0 aliphatic heterocycles. The third-order valence-electron chi connectivity index (χ3n) is 3.94. The average molecular weight is 265 g/mol. The first-order valence-corrected chi connectivity index (χ1v) is 7.11. The second kappa shape index (κ2) is 6.19. The standard InChI is InChI=1S/C14H23N3O2/c1-3-12(10-7-11(18)8-10)16-14(19)9-17-6-5-15-13(17)4-2/h5-6,10-12,18H,3-4,7-9H2,1-2H3,(H,16,19)/t10?,11?,12-/m1/s1. The lowest BCUT2D eigenvalue weighted by molar-refractivity contribution is -0.123. The predicted molar refractivity (Wildman–Crippen MR) is 72.6 cm³/mol. The van der Waals surface area contributed by atoms with E-state index < -0.39 is 0 Å². The van der Waals surface area contributed by atoms with Crippen molar-refractivity contribution < 1.29 is 9.90 Å². The van der Waals surface area contributed by atoms with E-state index in [9.17, 15) is 9.90 Å². The molecule has 5 nitrogen and oxygen atoms in total. The van der Waals surface area contributed by atoms with Gasteiger partial charge in [-0.1, -0.05) is 13.8 Å². The fourth-order valence-corrected chi connectivity index (χ4v) is 2.72. The number of rotatable bonds is 6. The van der Waals surface area contributed by atoms with Gasteiger partial charge in [0.2, 0.25) is 5.91 Å². The first kappa shape index (κ1) is 14.1. The topological polar surface area (TPSA) is 67.2 Å². The van der Waals surface area contributed by atoms with Gasteiger partial charge in [-0.2, -0.15) is 0 Å². The van der Waals surface area contributed by atoms with Crippen LogP contribution in [0.15, 0.2) is 12.4 Å². The fraction of sp³-hybridized carbons (Fsp3) is 0.714. The van der Waals surface area contributed by atoms with Crippen molar-refractivity contribution in [2.45, 2.75) is 58.2 Å². The average Bonchev–Trinajstić information content (AvgIpc) is 2.79. The van der Waals surface area contributed by atoms with Crippen LogP contribution in [0.25, 0.3) is 0 Å². The number of hydrogen-bond donors (Lipinski definition) is 2. The van der Waals surface area contributed by atoms with Crippen LogP contribution in [0, 0.1) is 5.92 Å². The number of imidazole rings is 1. The first-order valence-electron chi connectivity index (χ1n) is 7.11. The molecule has 1 aliphatic rings. The normalized spacial score (nSPS) is 23.7. The van der Waals surface area contributed by atoms with Crippen molar-refractivity contribution >= 4 is 5.91 Å². The van der Waals surface area contributed by atoms with E-state index in [2.05, 4.69) is 17.2 Å². The van der Waals surface area contributed by atoms with Crippen molar-refractivity contribution in [3.63, 3.8) is 0 Å². The number of carbonyl (C=O) groups is 1. The molecule has 1 saturated carbocycles.